The van der Waals surface area contributed by atoms with Crippen molar-refractivity contribution < 1.29 is 8.42 Å². The summed E-state index contributed by atoms with van der Waals surface area (Å²) in [6.07, 6.45) is 0.692. The average molecular weight is 637 g/mol. The van der Waals surface area contributed by atoms with Crippen molar-refractivity contribution in [3.8, 4) is 27.9 Å². The summed E-state index contributed by atoms with van der Waals surface area (Å²) >= 11 is 0. The van der Waals surface area contributed by atoms with Crippen molar-refractivity contribution in [3.05, 3.63) is 145 Å². The second-order valence-electron chi connectivity index (χ2n) is 12.6. The Balaban J connectivity index is 1.25. The van der Waals surface area contributed by atoms with Gasteiger partial charge in [0.25, 0.3) is 0 Å². The van der Waals surface area contributed by atoms with Crippen LogP contribution in [0, 0.1) is 0 Å². The monoisotopic (exact) mass is 636 g/mol. The van der Waals surface area contributed by atoms with Gasteiger partial charge in [-0.1, -0.05) is 116 Å². The van der Waals surface area contributed by atoms with Gasteiger partial charge in [0.1, 0.15) is 5.82 Å². The summed E-state index contributed by atoms with van der Waals surface area (Å²) < 4.78 is 30.6. The zero-order valence-electron chi connectivity index (χ0n) is 26.1. The molecule has 9 aromatic rings. The van der Waals surface area contributed by atoms with Crippen molar-refractivity contribution >= 4 is 64.0 Å². The molecule has 0 unspecified atom stereocenters. The lowest BCUT2D eigenvalue weighted by atomic mass is 9.85. The molecule has 10 rings (SSSR count). The molecular formula is C43H28N2O2S. The Morgan fingerprint density at radius 1 is 0.542 bits per heavy atom. The van der Waals surface area contributed by atoms with Gasteiger partial charge in [-0.2, -0.15) is 0 Å². The van der Waals surface area contributed by atoms with Gasteiger partial charge >= 0.3 is 0 Å². The molecule has 0 saturated carbocycles. The minimum Gasteiger partial charge on any atom is -0.294 e. The number of hydrogen-bond donors (Lipinski definition) is 0. The van der Waals surface area contributed by atoms with Crippen LogP contribution in [0.1, 0.15) is 12.7 Å². The van der Waals surface area contributed by atoms with Gasteiger partial charge in [0.05, 0.1) is 26.5 Å². The standard InChI is InChI=1S/C43H28N2O2S/c1-2-40-44-36-16-9-17-38-43(36)45(40)37-23-21-29(25-39(37)48(38,46)47)42-34-14-7-5-12-32(34)41(33-13-6-8-15-35(33)42)28-20-22-31-27(24-28)19-18-26-10-3-4-11-30(26)31/h3-25H,2H2,1H3. The summed E-state index contributed by atoms with van der Waals surface area (Å²) in [5.41, 5.74) is 6.25. The Bertz CT molecular complexity index is 2900. The Labute approximate surface area is 277 Å². The first-order chi connectivity index (χ1) is 23.5. The number of fused-ring (bicyclic) bond motifs is 7. The molecule has 0 bridgehead atoms. The van der Waals surface area contributed by atoms with E-state index in [0.29, 0.717) is 32.9 Å². The SMILES string of the molecule is CCc1nc2cccc3c2n1-c1ccc(-c2c4ccccc4c(-c4ccc5c(ccc6ccccc65)c4)c4ccccc24)cc1S3(=O)=O. The van der Waals surface area contributed by atoms with Gasteiger partial charge in [-0.05, 0) is 95.7 Å². The summed E-state index contributed by atoms with van der Waals surface area (Å²) in [6.45, 7) is 2.05. The summed E-state index contributed by atoms with van der Waals surface area (Å²) in [6, 6.07) is 48.0. The highest BCUT2D eigenvalue weighted by Crippen LogP contribution is 2.47. The molecule has 8 aromatic carbocycles. The topological polar surface area (TPSA) is 52.0 Å². The van der Waals surface area contributed by atoms with E-state index < -0.39 is 9.84 Å². The number of sulfone groups is 1. The van der Waals surface area contributed by atoms with E-state index in [1.54, 1.807) is 12.1 Å². The average Bonchev–Trinajstić information content (AvgIpc) is 3.52. The van der Waals surface area contributed by atoms with Crippen molar-refractivity contribution in [2.75, 3.05) is 0 Å². The predicted octanol–water partition coefficient (Wildman–Crippen LogP) is 10.7. The third-order valence-electron chi connectivity index (χ3n) is 10.1. The van der Waals surface area contributed by atoms with Crippen LogP contribution >= 0.6 is 0 Å². The summed E-state index contributed by atoms with van der Waals surface area (Å²) in [5, 5.41) is 9.33. The van der Waals surface area contributed by atoms with E-state index in [1.807, 2.05) is 22.8 Å². The number of hydrogen-bond acceptors (Lipinski definition) is 3. The van der Waals surface area contributed by atoms with E-state index in [0.717, 1.165) is 44.1 Å². The lowest BCUT2D eigenvalue weighted by molar-refractivity contribution is 0.594. The molecule has 2 heterocycles. The fourth-order valence-electron chi connectivity index (χ4n) is 7.96. The minimum atomic E-state index is -3.79. The third-order valence-corrected chi connectivity index (χ3v) is 11.9. The van der Waals surface area contributed by atoms with E-state index in [-0.39, 0.29) is 0 Å². The van der Waals surface area contributed by atoms with Gasteiger partial charge in [0.2, 0.25) is 9.84 Å². The summed E-state index contributed by atoms with van der Waals surface area (Å²) in [7, 11) is -3.79. The summed E-state index contributed by atoms with van der Waals surface area (Å²) in [5.74, 6) is 0.852. The number of rotatable bonds is 3. The van der Waals surface area contributed by atoms with Crippen LogP contribution in [0.15, 0.2) is 149 Å². The first kappa shape index (κ1) is 27.3. The van der Waals surface area contributed by atoms with Gasteiger partial charge in [0, 0.05) is 6.42 Å². The highest BCUT2D eigenvalue weighted by atomic mass is 32.2. The van der Waals surface area contributed by atoms with Crippen LogP contribution in [-0.2, 0) is 16.3 Å². The quantitative estimate of drug-likeness (QED) is 0.143. The molecule has 48 heavy (non-hydrogen) atoms. The van der Waals surface area contributed by atoms with E-state index in [4.69, 9.17) is 4.98 Å². The molecule has 228 valence electrons. The number of nitrogens with zero attached hydrogens (tertiary/aromatic N) is 2. The number of imidazole rings is 1. The number of benzene rings is 8. The second kappa shape index (κ2) is 9.86. The van der Waals surface area contributed by atoms with Gasteiger partial charge in [-0.25, -0.2) is 13.4 Å². The van der Waals surface area contributed by atoms with E-state index in [9.17, 15) is 8.42 Å². The largest absolute Gasteiger partial charge is 0.294 e. The highest BCUT2D eigenvalue weighted by Gasteiger charge is 2.33. The van der Waals surface area contributed by atoms with Crippen LogP contribution < -0.4 is 0 Å². The molecule has 0 fully saturated rings. The molecule has 0 saturated heterocycles. The van der Waals surface area contributed by atoms with Crippen LogP contribution in [0.2, 0.25) is 0 Å². The molecule has 0 N–H and O–H groups in total. The van der Waals surface area contributed by atoms with Crippen LogP contribution in [0.4, 0.5) is 0 Å². The van der Waals surface area contributed by atoms with Gasteiger partial charge in [0.15, 0.2) is 0 Å². The fraction of sp³-hybridized carbons (Fsp3) is 0.0465. The maximum absolute atomic E-state index is 14.3. The molecule has 0 atom stereocenters. The number of para-hydroxylation sites is 1. The smallest absolute Gasteiger partial charge is 0.210 e. The maximum Gasteiger partial charge on any atom is 0.210 e. The molecule has 0 amide bonds. The maximum atomic E-state index is 14.3. The Kier molecular flexibility index (Phi) is 5.62. The van der Waals surface area contributed by atoms with Gasteiger partial charge < -0.3 is 0 Å². The number of aryl methyl sites for hydroxylation is 1. The van der Waals surface area contributed by atoms with Crippen LogP contribution in [-0.4, -0.2) is 18.0 Å². The van der Waals surface area contributed by atoms with Gasteiger partial charge in [-0.15, -0.1) is 0 Å². The van der Waals surface area contributed by atoms with Crippen molar-refractivity contribution in [2.45, 2.75) is 23.1 Å². The molecule has 5 heteroatoms. The summed E-state index contributed by atoms with van der Waals surface area (Å²) in [4.78, 5) is 5.42. The molecule has 0 spiro atoms. The van der Waals surface area contributed by atoms with E-state index >= 15 is 0 Å². The molecule has 0 radical (unpaired) electrons. The van der Waals surface area contributed by atoms with Crippen molar-refractivity contribution in [1.82, 2.24) is 9.55 Å². The fourth-order valence-corrected chi connectivity index (χ4v) is 9.63. The van der Waals surface area contributed by atoms with Crippen LogP contribution in [0.5, 0.6) is 0 Å². The van der Waals surface area contributed by atoms with E-state index in [2.05, 4.69) is 116 Å². The molecular weight excluding hydrogens is 609 g/mol. The van der Waals surface area contributed by atoms with Crippen LogP contribution in [0.3, 0.4) is 0 Å². The van der Waals surface area contributed by atoms with Crippen molar-refractivity contribution in [2.24, 2.45) is 0 Å². The lowest BCUT2D eigenvalue weighted by Crippen LogP contribution is -2.16. The molecule has 1 aromatic heterocycles. The van der Waals surface area contributed by atoms with Crippen LogP contribution in [0.25, 0.3) is 82.1 Å². The van der Waals surface area contributed by atoms with Gasteiger partial charge in [-0.3, -0.25) is 4.57 Å². The highest BCUT2D eigenvalue weighted by molar-refractivity contribution is 7.92. The molecule has 1 aliphatic rings. The van der Waals surface area contributed by atoms with Crippen molar-refractivity contribution in [3.63, 3.8) is 0 Å². The first-order valence-electron chi connectivity index (χ1n) is 16.3. The molecule has 4 nitrogen and oxygen atoms in total. The van der Waals surface area contributed by atoms with E-state index in [1.165, 1.54) is 27.1 Å². The Morgan fingerprint density at radius 2 is 1.12 bits per heavy atom. The lowest BCUT2D eigenvalue weighted by Gasteiger charge is -2.23. The zero-order chi connectivity index (χ0) is 32.1. The predicted molar refractivity (Wildman–Crippen MR) is 197 cm³/mol. The first-order valence-corrected chi connectivity index (χ1v) is 17.8. The minimum absolute atomic E-state index is 0.311. The molecule has 1 aliphatic heterocycles. The molecule has 0 aliphatic carbocycles. The van der Waals surface area contributed by atoms with Crippen molar-refractivity contribution in [1.29, 1.82) is 0 Å². The Morgan fingerprint density at radius 3 is 1.81 bits per heavy atom. The third kappa shape index (κ3) is 3.65. The zero-order valence-corrected chi connectivity index (χ0v) is 26.9. The number of aromatic nitrogens is 2. The second-order valence-corrected chi connectivity index (χ2v) is 14.5. The Hall–Kier alpha value is -5.78. The normalized spacial score (nSPS) is 13.5.